The summed E-state index contributed by atoms with van der Waals surface area (Å²) in [6.07, 6.45) is 0.190. The number of hydrogen-bond donors (Lipinski definition) is 1. The van der Waals surface area contributed by atoms with Crippen LogP contribution in [0, 0.1) is 0 Å². The molecule has 2 nitrogen and oxygen atoms in total. The van der Waals surface area contributed by atoms with Gasteiger partial charge >= 0.3 is 0 Å². The summed E-state index contributed by atoms with van der Waals surface area (Å²) < 4.78 is 4.61. The Balaban J connectivity index is 0.000000162. The molecule has 1 unspecified atom stereocenters. The molecule has 1 fully saturated rings. The molecule has 1 N–H and O–H groups in total. The zero-order chi connectivity index (χ0) is 7.82. The maximum absolute atomic E-state index is 8.08. The van der Waals surface area contributed by atoms with Gasteiger partial charge in [0.25, 0.3) is 0 Å². The Labute approximate surface area is 66.3 Å². The Morgan fingerprint density at radius 1 is 1.90 bits per heavy atom. The van der Waals surface area contributed by atoms with Crippen molar-refractivity contribution in [3.8, 4) is 0 Å². The second-order valence-electron chi connectivity index (χ2n) is 1.76. The molecule has 10 heavy (non-hydrogen) atoms. The van der Waals surface area contributed by atoms with Gasteiger partial charge in [-0.05, 0) is 11.2 Å². The highest BCUT2D eigenvalue weighted by molar-refractivity contribution is 8.02. The molecule has 0 amide bonds. The number of ether oxygens (including phenoxy) is 1. The molecule has 3 heteroatoms. The topological polar surface area (TPSA) is 32.8 Å². The van der Waals surface area contributed by atoms with Gasteiger partial charge < -0.3 is 9.84 Å². The van der Waals surface area contributed by atoms with Gasteiger partial charge in [-0.2, -0.15) is 0 Å². The lowest BCUT2D eigenvalue weighted by Gasteiger charge is -1.73. The smallest absolute Gasteiger partial charge is 0.104 e. The summed E-state index contributed by atoms with van der Waals surface area (Å²) in [5, 5.41) is 9.93. The lowest BCUT2D eigenvalue weighted by Crippen LogP contribution is -1.88. The predicted molar refractivity (Wildman–Crippen MR) is 45.2 cm³/mol. The standard InChI is InChI=1S/C4H8S.C3H6O2/c1-3-5-4-2;4-1-3-2-5-3/h3H,1,4H2,2H3;3-4H,1-2H2. The van der Waals surface area contributed by atoms with E-state index in [4.69, 9.17) is 5.11 Å². The summed E-state index contributed by atoms with van der Waals surface area (Å²) in [5.74, 6) is 1.14. The first-order valence-electron chi connectivity index (χ1n) is 3.30. The van der Waals surface area contributed by atoms with Crippen molar-refractivity contribution in [3.63, 3.8) is 0 Å². The Bertz CT molecular complexity index is 81.7. The second kappa shape index (κ2) is 7.12. The molecule has 1 aliphatic rings. The van der Waals surface area contributed by atoms with Crippen LogP contribution < -0.4 is 0 Å². The largest absolute Gasteiger partial charge is 0.394 e. The van der Waals surface area contributed by atoms with Crippen LogP contribution in [-0.2, 0) is 4.74 Å². The van der Waals surface area contributed by atoms with Gasteiger partial charge in [-0.3, -0.25) is 0 Å². The number of thioether (sulfide) groups is 1. The summed E-state index contributed by atoms with van der Waals surface area (Å²) in [6, 6.07) is 0. The quantitative estimate of drug-likeness (QED) is 0.634. The molecule has 0 spiro atoms. The van der Waals surface area contributed by atoms with E-state index in [2.05, 4.69) is 18.2 Å². The number of epoxide rings is 1. The highest BCUT2D eigenvalue weighted by Crippen LogP contribution is 2.04. The van der Waals surface area contributed by atoms with E-state index < -0.39 is 0 Å². The highest BCUT2D eigenvalue weighted by atomic mass is 32.2. The normalized spacial score (nSPS) is 20.8. The lowest BCUT2D eigenvalue weighted by atomic mass is 10.5. The van der Waals surface area contributed by atoms with E-state index in [-0.39, 0.29) is 12.7 Å². The van der Waals surface area contributed by atoms with Crippen LogP contribution in [0.4, 0.5) is 0 Å². The fourth-order valence-electron chi connectivity index (χ4n) is 0.291. The first kappa shape index (κ1) is 10.0. The predicted octanol–water partition coefficient (Wildman–Crippen LogP) is 1.26. The van der Waals surface area contributed by atoms with Gasteiger partial charge in [0.2, 0.25) is 0 Å². The average Bonchev–Trinajstić information content (AvgIpc) is 2.72. The molecule has 0 radical (unpaired) electrons. The van der Waals surface area contributed by atoms with Crippen molar-refractivity contribution < 1.29 is 9.84 Å². The molecule has 0 saturated carbocycles. The van der Waals surface area contributed by atoms with Crippen molar-refractivity contribution in [3.05, 3.63) is 12.0 Å². The lowest BCUT2D eigenvalue weighted by molar-refractivity contribution is 0.244. The maximum Gasteiger partial charge on any atom is 0.104 e. The van der Waals surface area contributed by atoms with Gasteiger partial charge in [0, 0.05) is 0 Å². The molecule has 1 heterocycles. The van der Waals surface area contributed by atoms with Crippen LogP contribution in [-0.4, -0.2) is 30.2 Å². The van der Waals surface area contributed by atoms with Gasteiger partial charge in [0.05, 0.1) is 13.2 Å². The number of rotatable bonds is 3. The van der Waals surface area contributed by atoms with Gasteiger partial charge in [-0.15, -0.1) is 11.8 Å². The van der Waals surface area contributed by atoms with E-state index >= 15 is 0 Å². The van der Waals surface area contributed by atoms with E-state index in [9.17, 15) is 0 Å². The van der Waals surface area contributed by atoms with Crippen LogP contribution >= 0.6 is 11.8 Å². The summed E-state index contributed by atoms with van der Waals surface area (Å²) in [4.78, 5) is 0. The minimum atomic E-state index is 0.190. The van der Waals surface area contributed by atoms with Crippen LogP contribution in [0.5, 0.6) is 0 Å². The van der Waals surface area contributed by atoms with E-state index in [0.29, 0.717) is 0 Å². The summed E-state index contributed by atoms with van der Waals surface area (Å²) in [6.45, 7) is 6.57. The molecule has 60 valence electrons. The van der Waals surface area contributed by atoms with E-state index in [1.54, 1.807) is 11.8 Å². The maximum atomic E-state index is 8.08. The Kier molecular flexibility index (Phi) is 7.13. The monoisotopic (exact) mass is 162 g/mol. The molecule has 0 aliphatic carbocycles. The number of aliphatic hydroxyl groups excluding tert-OH is 1. The zero-order valence-electron chi connectivity index (χ0n) is 6.25. The zero-order valence-corrected chi connectivity index (χ0v) is 7.06. The molecule has 0 aromatic heterocycles. The molecule has 1 saturated heterocycles. The molecule has 1 rings (SSSR count). The van der Waals surface area contributed by atoms with Gasteiger partial charge in [-0.25, -0.2) is 0 Å². The third-order valence-corrected chi connectivity index (χ3v) is 1.46. The van der Waals surface area contributed by atoms with Crippen molar-refractivity contribution in [2.24, 2.45) is 0 Å². The molecule has 0 bridgehead atoms. The van der Waals surface area contributed by atoms with Crippen LogP contribution in [0.2, 0.25) is 0 Å². The average molecular weight is 162 g/mol. The minimum Gasteiger partial charge on any atom is -0.394 e. The van der Waals surface area contributed by atoms with Crippen molar-refractivity contribution in [1.29, 1.82) is 0 Å². The SMILES string of the molecule is C=CSCC.OCC1CO1. The second-order valence-corrected chi connectivity index (χ2v) is 3.00. The molecular formula is C7H14O2S. The Hall–Kier alpha value is 0.01000. The van der Waals surface area contributed by atoms with Crippen molar-refractivity contribution >= 4 is 11.8 Å². The van der Waals surface area contributed by atoms with Gasteiger partial charge in [0.1, 0.15) is 6.10 Å². The van der Waals surface area contributed by atoms with Crippen LogP contribution in [0.1, 0.15) is 6.92 Å². The third kappa shape index (κ3) is 8.01. The van der Waals surface area contributed by atoms with E-state index in [1.807, 2.05) is 5.41 Å². The van der Waals surface area contributed by atoms with Crippen molar-refractivity contribution in [2.75, 3.05) is 19.0 Å². The van der Waals surface area contributed by atoms with E-state index in [1.165, 1.54) is 0 Å². The summed E-state index contributed by atoms with van der Waals surface area (Å²) >= 11 is 1.73. The van der Waals surface area contributed by atoms with Crippen molar-refractivity contribution in [2.45, 2.75) is 13.0 Å². The van der Waals surface area contributed by atoms with Crippen LogP contribution in [0.15, 0.2) is 12.0 Å². The van der Waals surface area contributed by atoms with Crippen LogP contribution in [0.3, 0.4) is 0 Å². The first-order chi connectivity index (χ1) is 4.85. The Morgan fingerprint density at radius 3 is 2.50 bits per heavy atom. The fraction of sp³-hybridized carbons (Fsp3) is 0.714. The fourth-order valence-corrected chi connectivity index (χ4v) is 0.527. The molecule has 1 aliphatic heterocycles. The minimum absolute atomic E-state index is 0.190. The van der Waals surface area contributed by atoms with Gasteiger partial charge in [0.15, 0.2) is 0 Å². The van der Waals surface area contributed by atoms with Crippen molar-refractivity contribution in [1.82, 2.24) is 0 Å². The summed E-state index contributed by atoms with van der Waals surface area (Å²) in [7, 11) is 0. The number of aliphatic hydroxyl groups is 1. The third-order valence-electron chi connectivity index (χ3n) is 0.891. The number of hydrogen-bond acceptors (Lipinski definition) is 3. The van der Waals surface area contributed by atoms with E-state index in [0.717, 1.165) is 12.4 Å². The molecular weight excluding hydrogens is 148 g/mol. The molecule has 1 atom stereocenters. The highest BCUT2D eigenvalue weighted by Gasteiger charge is 2.19. The Morgan fingerprint density at radius 2 is 2.50 bits per heavy atom. The molecule has 0 aromatic rings. The molecule has 0 aromatic carbocycles. The first-order valence-corrected chi connectivity index (χ1v) is 4.35. The summed E-state index contributed by atoms with van der Waals surface area (Å²) in [5.41, 5.74) is 0. The van der Waals surface area contributed by atoms with Gasteiger partial charge in [-0.1, -0.05) is 13.5 Å². The van der Waals surface area contributed by atoms with Crippen LogP contribution in [0.25, 0.3) is 0 Å².